The lowest BCUT2D eigenvalue weighted by Crippen LogP contribution is -2.04. The van der Waals surface area contributed by atoms with Gasteiger partial charge in [-0.3, -0.25) is 0 Å². The van der Waals surface area contributed by atoms with Crippen LogP contribution in [-0.2, 0) is 0 Å². The van der Waals surface area contributed by atoms with Gasteiger partial charge in [0.05, 0.1) is 6.20 Å². The number of para-hydroxylation sites is 1. The normalized spacial score (nSPS) is 10.5. The molecule has 0 fully saturated rings. The number of nitrogens with zero attached hydrogens (tertiary/aromatic N) is 3. The lowest BCUT2D eigenvalue weighted by Gasteiger charge is -2.12. The molecule has 0 amide bonds. The number of nitrogens with one attached hydrogen (secondary N) is 2. The highest BCUT2D eigenvalue weighted by atomic mass is 35.5. The van der Waals surface area contributed by atoms with Crippen LogP contribution in [0.2, 0.25) is 5.02 Å². The second-order valence-electron chi connectivity index (χ2n) is 5.64. The third kappa shape index (κ3) is 3.63. The first-order chi connectivity index (χ1) is 11.5. The van der Waals surface area contributed by atoms with Crippen molar-refractivity contribution < 1.29 is 0 Å². The topological polar surface area (TPSA) is 62.7 Å². The van der Waals surface area contributed by atoms with Gasteiger partial charge in [-0.2, -0.15) is 10.1 Å². The molecule has 0 saturated carbocycles. The summed E-state index contributed by atoms with van der Waals surface area (Å²) in [6, 6.07) is 11.7. The Kier molecular flexibility index (Phi) is 4.62. The third-order valence-electron chi connectivity index (χ3n) is 3.73. The fraction of sp³-hybridized carbons (Fsp3) is 0.167. The molecule has 5 nitrogen and oxygen atoms in total. The van der Waals surface area contributed by atoms with Crippen molar-refractivity contribution in [1.82, 2.24) is 15.2 Å². The summed E-state index contributed by atoms with van der Waals surface area (Å²) in [4.78, 5) is 4.48. The van der Waals surface area contributed by atoms with Crippen molar-refractivity contribution in [3.8, 4) is 0 Å². The smallest absolute Gasteiger partial charge is 0.249 e. The van der Waals surface area contributed by atoms with Crippen LogP contribution in [0.4, 0.5) is 23.1 Å². The molecule has 0 atom stereocenters. The van der Waals surface area contributed by atoms with Crippen LogP contribution in [-0.4, -0.2) is 15.2 Å². The van der Waals surface area contributed by atoms with E-state index in [-0.39, 0.29) is 0 Å². The minimum Gasteiger partial charge on any atom is -0.338 e. The summed E-state index contributed by atoms with van der Waals surface area (Å²) in [5.41, 5.74) is 5.24. The van der Waals surface area contributed by atoms with Gasteiger partial charge in [-0.15, -0.1) is 5.10 Å². The zero-order valence-corrected chi connectivity index (χ0v) is 14.5. The third-order valence-corrected chi connectivity index (χ3v) is 3.96. The van der Waals surface area contributed by atoms with E-state index in [0.29, 0.717) is 16.8 Å². The first-order valence-electron chi connectivity index (χ1n) is 7.59. The highest BCUT2D eigenvalue weighted by Gasteiger charge is 2.07. The van der Waals surface area contributed by atoms with Gasteiger partial charge in [-0.25, -0.2) is 0 Å². The highest BCUT2D eigenvalue weighted by Crippen LogP contribution is 2.25. The van der Waals surface area contributed by atoms with Crippen molar-refractivity contribution >= 4 is 34.7 Å². The van der Waals surface area contributed by atoms with E-state index in [1.165, 1.54) is 0 Å². The standard InChI is InChI=1S/C18H18ClN5/c1-11-5-4-6-12(2)17(11)22-16-10-20-24-18(23-16)21-15-8-7-14(19)9-13(15)3/h4-10H,1-3H3,(H2,21,22,23,24). The molecule has 0 aliphatic carbocycles. The minimum atomic E-state index is 0.427. The predicted octanol–water partition coefficient (Wildman–Crippen LogP) is 4.94. The van der Waals surface area contributed by atoms with Crippen LogP contribution in [0, 0.1) is 20.8 Å². The van der Waals surface area contributed by atoms with Gasteiger partial charge in [-0.05, 0) is 55.7 Å². The maximum atomic E-state index is 5.98. The molecule has 0 bridgehead atoms. The van der Waals surface area contributed by atoms with Gasteiger partial charge in [0.1, 0.15) is 0 Å². The Morgan fingerprint density at radius 2 is 1.67 bits per heavy atom. The van der Waals surface area contributed by atoms with E-state index >= 15 is 0 Å². The van der Waals surface area contributed by atoms with Crippen LogP contribution in [0.25, 0.3) is 0 Å². The molecular weight excluding hydrogens is 322 g/mol. The van der Waals surface area contributed by atoms with Crippen LogP contribution in [0.5, 0.6) is 0 Å². The molecule has 0 spiro atoms. The highest BCUT2D eigenvalue weighted by molar-refractivity contribution is 6.30. The summed E-state index contributed by atoms with van der Waals surface area (Å²) in [6.07, 6.45) is 1.60. The van der Waals surface area contributed by atoms with E-state index in [1.807, 2.05) is 31.2 Å². The fourth-order valence-electron chi connectivity index (χ4n) is 2.44. The molecule has 3 rings (SSSR count). The maximum Gasteiger partial charge on any atom is 0.249 e. The Bertz CT molecular complexity index is 859. The summed E-state index contributed by atoms with van der Waals surface area (Å²) < 4.78 is 0. The maximum absolute atomic E-state index is 5.98. The van der Waals surface area contributed by atoms with Crippen molar-refractivity contribution in [2.75, 3.05) is 10.6 Å². The van der Waals surface area contributed by atoms with Crippen LogP contribution in [0.15, 0.2) is 42.6 Å². The average molecular weight is 340 g/mol. The summed E-state index contributed by atoms with van der Waals surface area (Å²) in [6.45, 7) is 6.08. The number of anilines is 4. The molecule has 2 N–H and O–H groups in total. The van der Waals surface area contributed by atoms with Crippen molar-refractivity contribution in [3.05, 3.63) is 64.3 Å². The van der Waals surface area contributed by atoms with Crippen molar-refractivity contribution in [2.45, 2.75) is 20.8 Å². The lowest BCUT2D eigenvalue weighted by molar-refractivity contribution is 0.981. The van der Waals surface area contributed by atoms with Gasteiger partial charge in [0.25, 0.3) is 0 Å². The van der Waals surface area contributed by atoms with Gasteiger partial charge >= 0.3 is 0 Å². The van der Waals surface area contributed by atoms with Gasteiger partial charge in [0, 0.05) is 16.4 Å². The van der Waals surface area contributed by atoms with Gasteiger partial charge in [0.15, 0.2) is 5.82 Å². The minimum absolute atomic E-state index is 0.427. The number of rotatable bonds is 4. The molecule has 0 radical (unpaired) electrons. The summed E-state index contributed by atoms with van der Waals surface area (Å²) >= 11 is 5.98. The number of hydrogen-bond acceptors (Lipinski definition) is 5. The molecule has 0 saturated heterocycles. The van der Waals surface area contributed by atoms with E-state index in [0.717, 1.165) is 28.1 Å². The van der Waals surface area contributed by atoms with Crippen LogP contribution < -0.4 is 10.6 Å². The van der Waals surface area contributed by atoms with E-state index in [4.69, 9.17) is 11.6 Å². The summed E-state index contributed by atoms with van der Waals surface area (Å²) in [5, 5.41) is 15.2. The van der Waals surface area contributed by atoms with E-state index in [2.05, 4.69) is 51.8 Å². The predicted molar refractivity (Wildman–Crippen MR) is 98.5 cm³/mol. The van der Waals surface area contributed by atoms with E-state index in [9.17, 15) is 0 Å². The molecule has 1 aromatic heterocycles. The van der Waals surface area contributed by atoms with Crippen molar-refractivity contribution in [1.29, 1.82) is 0 Å². The van der Waals surface area contributed by atoms with Crippen LogP contribution in [0.3, 0.4) is 0 Å². The quantitative estimate of drug-likeness (QED) is 0.705. The number of benzene rings is 2. The first-order valence-corrected chi connectivity index (χ1v) is 7.97. The first kappa shape index (κ1) is 16.2. The Balaban J connectivity index is 1.84. The molecule has 3 aromatic rings. The summed E-state index contributed by atoms with van der Waals surface area (Å²) in [5.74, 6) is 1.06. The number of aryl methyl sites for hydroxylation is 3. The monoisotopic (exact) mass is 339 g/mol. The molecular formula is C18H18ClN5. The second kappa shape index (κ2) is 6.84. The molecule has 6 heteroatoms. The Hall–Kier alpha value is -2.66. The molecule has 2 aromatic carbocycles. The molecule has 1 heterocycles. The second-order valence-corrected chi connectivity index (χ2v) is 6.08. The number of aromatic nitrogens is 3. The van der Waals surface area contributed by atoms with Crippen LogP contribution in [0.1, 0.15) is 16.7 Å². The van der Waals surface area contributed by atoms with Crippen molar-refractivity contribution in [3.63, 3.8) is 0 Å². The number of halogens is 1. The molecule has 24 heavy (non-hydrogen) atoms. The lowest BCUT2D eigenvalue weighted by atomic mass is 10.1. The zero-order valence-electron chi connectivity index (χ0n) is 13.8. The molecule has 0 aliphatic rings. The van der Waals surface area contributed by atoms with Gasteiger partial charge in [-0.1, -0.05) is 29.8 Å². The van der Waals surface area contributed by atoms with E-state index in [1.54, 1.807) is 6.20 Å². The molecule has 0 aliphatic heterocycles. The average Bonchev–Trinajstić information content (AvgIpc) is 2.54. The number of hydrogen-bond donors (Lipinski definition) is 2. The Morgan fingerprint density at radius 1 is 0.917 bits per heavy atom. The largest absolute Gasteiger partial charge is 0.338 e. The van der Waals surface area contributed by atoms with Gasteiger partial charge < -0.3 is 10.6 Å². The molecule has 122 valence electrons. The summed E-state index contributed by atoms with van der Waals surface area (Å²) in [7, 11) is 0. The Morgan fingerprint density at radius 3 is 2.38 bits per heavy atom. The molecule has 0 unspecified atom stereocenters. The van der Waals surface area contributed by atoms with Gasteiger partial charge in [0.2, 0.25) is 5.95 Å². The van der Waals surface area contributed by atoms with Crippen LogP contribution >= 0.6 is 11.6 Å². The SMILES string of the molecule is Cc1cc(Cl)ccc1Nc1nncc(Nc2c(C)cccc2C)n1. The van der Waals surface area contributed by atoms with E-state index < -0.39 is 0 Å². The zero-order chi connectivity index (χ0) is 17.1. The fourth-order valence-corrected chi connectivity index (χ4v) is 2.67. The Labute approximate surface area is 146 Å². The van der Waals surface area contributed by atoms with Crippen molar-refractivity contribution in [2.24, 2.45) is 0 Å².